The van der Waals surface area contributed by atoms with Gasteiger partial charge in [0.25, 0.3) is 9.05 Å². The number of methoxy groups -OCH3 is 1. The summed E-state index contributed by atoms with van der Waals surface area (Å²) in [6.07, 6.45) is 0. The number of carbonyl (C=O) groups is 1. The Balaban J connectivity index is 3.56. The van der Waals surface area contributed by atoms with Gasteiger partial charge < -0.3 is 9.84 Å². The zero-order valence-electron chi connectivity index (χ0n) is 7.60. The van der Waals surface area contributed by atoms with E-state index in [2.05, 4.69) is 0 Å². The van der Waals surface area contributed by atoms with Crippen molar-refractivity contribution in [1.82, 2.24) is 0 Å². The monoisotopic (exact) mass is 250 g/mol. The van der Waals surface area contributed by atoms with Gasteiger partial charge in [-0.05, 0) is 12.1 Å². The molecule has 82 valence electrons. The van der Waals surface area contributed by atoms with Gasteiger partial charge in [-0.2, -0.15) is 0 Å². The summed E-state index contributed by atoms with van der Waals surface area (Å²) in [5, 5.41) is 8.77. The van der Waals surface area contributed by atoms with E-state index in [1.807, 2.05) is 0 Å². The van der Waals surface area contributed by atoms with Gasteiger partial charge in [-0.15, -0.1) is 0 Å². The van der Waals surface area contributed by atoms with Gasteiger partial charge in [-0.1, -0.05) is 6.07 Å². The minimum Gasteiger partial charge on any atom is -0.494 e. The van der Waals surface area contributed by atoms with Crippen molar-refractivity contribution >= 4 is 25.7 Å². The van der Waals surface area contributed by atoms with Crippen LogP contribution in [-0.2, 0) is 9.05 Å². The Morgan fingerprint density at radius 2 is 2.07 bits per heavy atom. The third kappa shape index (κ3) is 2.40. The van der Waals surface area contributed by atoms with E-state index >= 15 is 0 Å². The SMILES string of the molecule is COc1c(C(=O)O)cccc1S(=O)(=O)Cl. The second kappa shape index (κ2) is 4.08. The first kappa shape index (κ1) is 11.8. The molecule has 0 aromatic heterocycles. The Bertz CT molecular complexity index is 494. The van der Waals surface area contributed by atoms with Crippen molar-refractivity contribution in [2.75, 3.05) is 7.11 Å². The molecule has 1 aromatic rings. The molecule has 1 aromatic carbocycles. The van der Waals surface area contributed by atoms with Crippen LogP contribution in [0.4, 0.5) is 0 Å². The number of para-hydroxylation sites is 1. The molecule has 0 aliphatic rings. The molecule has 0 atom stereocenters. The van der Waals surface area contributed by atoms with Gasteiger partial charge in [-0.3, -0.25) is 0 Å². The molecular formula is C8H7ClO5S. The smallest absolute Gasteiger partial charge is 0.339 e. The zero-order valence-corrected chi connectivity index (χ0v) is 9.17. The lowest BCUT2D eigenvalue weighted by molar-refractivity contribution is 0.0693. The average Bonchev–Trinajstić information content (AvgIpc) is 2.15. The van der Waals surface area contributed by atoms with Gasteiger partial charge in [0, 0.05) is 10.7 Å². The summed E-state index contributed by atoms with van der Waals surface area (Å²) in [4.78, 5) is 10.4. The Morgan fingerprint density at radius 3 is 2.47 bits per heavy atom. The molecule has 0 bridgehead atoms. The molecule has 0 aliphatic carbocycles. The van der Waals surface area contributed by atoms with Crippen LogP contribution in [0.5, 0.6) is 5.75 Å². The van der Waals surface area contributed by atoms with Crippen molar-refractivity contribution in [2.45, 2.75) is 4.90 Å². The van der Waals surface area contributed by atoms with Crippen LogP contribution in [0.15, 0.2) is 23.1 Å². The predicted molar refractivity (Wildman–Crippen MR) is 53.0 cm³/mol. The van der Waals surface area contributed by atoms with Crippen molar-refractivity contribution in [2.24, 2.45) is 0 Å². The Kier molecular flexibility index (Phi) is 3.21. The van der Waals surface area contributed by atoms with Gasteiger partial charge in [0.1, 0.15) is 10.5 Å². The molecule has 0 saturated heterocycles. The Hall–Kier alpha value is -1.27. The third-order valence-corrected chi connectivity index (χ3v) is 3.02. The highest BCUT2D eigenvalue weighted by Gasteiger charge is 2.22. The van der Waals surface area contributed by atoms with E-state index < -0.39 is 15.0 Å². The van der Waals surface area contributed by atoms with Gasteiger partial charge in [0.05, 0.1) is 7.11 Å². The first-order valence-corrected chi connectivity index (χ1v) is 6.04. The van der Waals surface area contributed by atoms with Crippen LogP contribution < -0.4 is 4.74 Å². The van der Waals surface area contributed by atoms with E-state index in [1.54, 1.807) is 0 Å². The standard InChI is InChI=1S/C8H7ClO5S/c1-14-7-5(8(10)11)3-2-4-6(7)15(9,12)13/h2-4H,1H3,(H,10,11). The molecule has 0 saturated carbocycles. The van der Waals surface area contributed by atoms with Crippen LogP contribution in [0.2, 0.25) is 0 Å². The summed E-state index contributed by atoms with van der Waals surface area (Å²) in [5.74, 6) is -1.55. The van der Waals surface area contributed by atoms with Crippen LogP contribution in [0.3, 0.4) is 0 Å². The molecule has 1 rings (SSSR count). The second-order valence-corrected chi connectivity index (χ2v) is 5.11. The van der Waals surface area contributed by atoms with E-state index in [0.717, 1.165) is 0 Å². The molecular weight excluding hydrogens is 244 g/mol. The summed E-state index contributed by atoms with van der Waals surface area (Å²) < 4.78 is 26.9. The minimum absolute atomic E-state index is 0.251. The molecule has 0 spiro atoms. The van der Waals surface area contributed by atoms with Crippen LogP contribution >= 0.6 is 10.7 Å². The maximum atomic E-state index is 11.1. The van der Waals surface area contributed by atoms with E-state index in [1.165, 1.54) is 25.3 Å². The number of halogens is 1. The third-order valence-electron chi connectivity index (χ3n) is 1.68. The molecule has 0 heterocycles. The van der Waals surface area contributed by atoms with Crippen LogP contribution in [0.1, 0.15) is 10.4 Å². The molecule has 5 nitrogen and oxygen atoms in total. The molecule has 0 amide bonds. The lowest BCUT2D eigenvalue weighted by Gasteiger charge is -2.08. The molecule has 0 radical (unpaired) electrons. The zero-order chi connectivity index (χ0) is 11.6. The Labute approximate surface area is 90.7 Å². The highest BCUT2D eigenvalue weighted by molar-refractivity contribution is 8.13. The summed E-state index contributed by atoms with van der Waals surface area (Å²) in [6, 6.07) is 3.68. The fraction of sp³-hybridized carbons (Fsp3) is 0.125. The van der Waals surface area contributed by atoms with Gasteiger partial charge >= 0.3 is 5.97 Å². The highest BCUT2D eigenvalue weighted by Crippen LogP contribution is 2.30. The summed E-state index contributed by atoms with van der Waals surface area (Å²) in [7, 11) is 2.27. The van der Waals surface area contributed by atoms with Gasteiger partial charge in [-0.25, -0.2) is 13.2 Å². The number of rotatable bonds is 3. The topological polar surface area (TPSA) is 80.7 Å². The molecule has 7 heteroatoms. The fourth-order valence-corrected chi connectivity index (χ4v) is 2.11. The van der Waals surface area contributed by atoms with E-state index in [-0.39, 0.29) is 16.2 Å². The van der Waals surface area contributed by atoms with Crippen molar-refractivity contribution in [3.63, 3.8) is 0 Å². The molecule has 1 N–H and O–H groups in total. The first-order valence-electron chi connectivity index (χ1n) is 3.73. The minimum atomic E-state index is -4.02. The normalized spacial score (nSPS) is 11.1. The highest BCUT2D eigenvalue weighted by atomic mass is 35.7. The number of ether oxygens (including phenoxy) is 1. The van der Waals surface area contributed by atoms with Crippen molar-refractivity contribution < 1.29 is 23.1 Å². The van der Waals surface area contributed by atoms with Gasteiger partial charge in [0.2, 0.25) is 0 Å². The maximum absolute atomic E-state index is 11.1. The van der Waals surface area contributed by atoms with Crippen molar-refractivity contribution in [3.05, 3.63) is 23.8 Å². The molecule has 0 fully saturated rings. The molecule has 0 unspecified atom stereocenters. The number of hydrogen-bond donors (Lipinski definition) is 1. The van der Waals surface area contributed by atoms with Crippen LogP contribution in [0.25, 0.3) is 0 Å². The summed E-state index contributed by atoms with van der Waals surface area (Å²) in [6.45, 7) is 0. The van der Waals surface area contributed by atoms with Crippen LogP contribution in [-0.4, -0.2) is 26.6 Å². The number of benzene rings is 1. The van der Waals surface area contributed by atoms with Crippen molar-refractivity contribution in [1.29, 1.82) is 0 Å². The molecule has 0 aliphatic heterocycles. The van der Waals surface area contributed by atoms with Crippen LogP contribution in [0, 0.1) is 0 Å². The van der Waals surface area contributed by atoms with Crippen molar-refractivity contribution in [3.8, 4) is 5.75 Å². The number of carboxylic acids is 1. The summed E-state index contributed by atoms with van der Waals surface area (Å²) in [5.41, 5.74) is -0.251. The van der Waals surface area contributed by atoms with E-state index in [0.29, 0.717) is 0 Å². The van der Waals surface area contributed by atoms with E-state index in [9.17, 15) is 13.2 Å². The number of aromatic carboxylic acids is 1. The largest absolute Gasteiger partial charge is 0.494 e. The molecule has 15 heavy (non-hydrogen) atoms. The summed E-state index contributed by atoms with van der Waals surface area (Å²) >= 11 is 0. The fourth-order valence-electron chi connectivity index (χ4n) is 1.09. The second-order valence-electron chi connectivity index (χ2n) is 2.58. The van der Waals surface area contributed by atoms with E-state index in [4.69, 9.17) is 20.5 Å². The Morgan fingerprint density at radius 1 is 1.47 bits per heavy atom. The predicted octanol–water partition coefficient (Wildman–Crippen LogP) is 1.32. The first-order chi connectivity index (χ1) is 6.88. The average molecular weight is 251 g/mol. The number of carboxylic acid groups (broad SMARTS) is 1. The lowest BCUT2D eigenvalue weighted by Crippen LogP contribution is -2.04. The number of hydrogen-bond acceptors (Lipinski definition) is 4. The lowest BCUT2D eigenvalue weighted by atomic mass is 10.2. The maximum Gasteiger partial charge on any atom is 0.339 e. The quantitative estimate of drug-likeness (QED) is 0.819. The van der Waals surface area contributed by atoms with Gasteiger partial charge in [0.15, 0.2) is 5.75 Å².